The average molecular weight is 646 g/mol. The van der Waals surface area contributed by atoms with E-state index in [-0.39, 0.29) is 29.8 Å². The normalized spacial score (nSPS) is 12.6. The molecule has 0 fully saturated rings. The Morgan fingerprint density at radius 3 is 2.13 bits per heavy atom. The zero-order valence-electron chi connectivity index (χ0n) is 26.1. The number of benzene rings is 4. The van der Waals surface area contributed by atoms with Crippen molar-refractivity contribution in [3.05, 3.63) is 130 Å². The number of hydrogen-bond donors (Lipinski definition) is 1. The van der Waals surface area contributed by atoms with E-state index < -0.39 is 28.5 Å². The number of sulfonamides is 1. The van der Waals surface area contributed by atoms with Crippen LogP contribution in [-0.2, 0) is 32.6 Å². The van der Waals surface area contributed by atoms with Gasteiger partial charge < -0.3 is 10.2 Å². The molecule has 0 unspecified atom stereocenters. The van der Waals surface area contributed by atoms with E-state index in [1.165, 1.54) is 17.0 Å². The monoisotopic (exact) mass is 645 g/mol. The van der Waals surface area contributed by atoms with Gasteiger partial charge in [-0.05, 0) is 79.8 Å². The molecule has 7 nitrogen and oxygen atoms in total. The first-order chi connectivity index (χ1) is 21.5. The molecule has 0 aliphatic carbocycles. The molecule has 0 bridgehead atoms. The predicted octanol–water partition coefficient (Wildman–Crippen LogP) is 6.71. The third kappa shape index (κ3) is 8.74. The molecular weight excluding hydrogens is 606 g/mol. The summed E-state index contributed by atoms with van der Waals surface area (Å²) in [4.78, 5) is 30.1. The molecule has 236 valence electrons. The van der Waals surface area contributed by atoms with Crippen molar-refractivity contribution in [3.63, 3.8) is 0 Å². The zero-order valence-corrected chi connectivity index (χ0v) is 27.7. The van der Waals surface area contributed by atoms with Gasteiger partial charge in [-0.1, -0.05) is 91.3 Å². The number of nitrogens with zero attached hydrogens (tertiary/aromatic N) is 2. The lowest BCUT2D eigenvalue weighted by atomic mass is 10.0. The Hall–Kier alpha value is -4.14. The van der Waals surface area contributed by atoms with Gasteiger partial charge in [0.15, 0.2) is 0 Å². The minimum absolute atomic E-state index is 0.0524. The van der Waals surface area contributed by atoms with Gasteiger partial charge in [0.25, 0.3) is 10.0 Å². The molecule has 4 aromatic carbocycles. The maximum absolute atomic E-state index is 14.6. The number of nitrogens with one attached hydrogen (secondary N) is 1. The highest BCUT2D eigenvalue weighted by atomic mass is 35.5. The second kappa shape index (κ2) is 15.2. The van der Waals surface area contributed by atoms with E-state index >= 15 is 0 Å². The maximum atomic E-state index is 14.6. The van der Waals surface area contributed by atoms with Gasteiger partial charge in [0.2, 0.25) is 11.8 Å². The topological polar surface area (TPSA) is 86.8 Å². The Kier molecular flexibility index (Phi) is 11.4. The highest BCUT2D eigenvalue weighted by Crippen LogP contribution is 2.29. The van der Waals surface area contributed by atoms with Crippen molar-refractivity contribution >= 4 is 39.1 Å². The van der Waals surface area contributed by atoms with E-state index in [4.69, 9.17) is 11.6 Å². The standard InChI is InChI=1S/C36H40ClN3O4S/c1-5-28(4)38-36(42)34(23-29-13-8-6-9-14-29)39(24-30-15-12-16-31(37)22-30)35(41)25-40(33-21-26(2)19-20-27(33)3)45(43,44)32-17-10-7-11-18-32/h6-22,28,34H,5,23-25H2,1-4H3,(H,38,42)/t28-,34-/m1/s1. The SMILES string of the molecule is CC[C@@H](C)NC(=O)[C@@H](Cc1ccccc1)N(Cc1cccc(Cl)c1)C(=O)CN(c1cc(C)ccc1C)S(=O)(=O)c1ccccc1. The first-order valence-corrected chi connectivity index (χ1v) is 16.8. The van der Waals surface area contributed by atoms with E-state index in [1.807, 2.05) is 76.2 Å². The molecule has 1 N–H and O–H groups in total. The third-order valence-electron chi connectivity index (χ3n) is 7.76. The molecule has 0 spiro atoms. The van der Waals surface area contributed by atoms with Crippen molar-refractivity contribution in [1.82, 2.24) is 10.2 Å². The Morgan fingerprint density at radius 1 is 0.844 bits per heavy atom. The Morgan fingerprint density at radius 2 is 1.49 bits per heavy atom. The van der Waals surface area contributed by atoms with Gasteiger partial charge in [0, 0.05) is 24.0 Å². The molecule has 4 rings (SSSR count). The summed E-state index contributed by atoms with van der Waals surface area (Å²) in [7, 11) is -4.17. The zero-order chi connectivity index (χ0) is 32.6. The summed E-state index contributed by atoms with van der Waals surface area (Å²) in [5.74, 6) is -0.830. The summed E-state index contributed by atoms with van der Waals surface area (Å²) < 4.78 is 29.5. The number of anilines is 1. The van der Waals surface area contributed by atoms with E-state index in [1.54, 1.807) is 42.5 Å². The van der Waals surface area contributed by atoms with Crippen molar-refractivity contribution in [3.8, 4) is 0 Å². The fourth-order valence-corrected chi connectivity index (χ4v) is 6.75. The molecule has 0 aliphatic rings. The van der Waals surface area contributed by atoms with E-state index in [9.17, 15) is 18.0 Å². The van der Waals surface area contributed by atoms with Crippen LogP contribution < -0.4 is 9.62 Å². The number of hydrogen-bond acceptors (Lipinski definition) is 4. The van der Waals surface area contributed by atoms with Gasteiger partial charge >= 0.3 is 0 Å². The van der Waals surface area contributed by atoms with Gasteiger partial charge in [-0.25, -0.2) is 8.42 Å². The molecule has 45 heavy (non-hydrogen) atoms. The summed E-state index contributed by atoms with van der Waals surface area (Å²) in [6, 6.07) is 29.1. The molecular formula is C36H40ClN3O4S. The minimum Gasteiger partial charge on any atom is -0.352 e. The number of carbonyl (C=O) groups is 2. The lowest BCUT2D eigenvalue weighted by molar-refractivity contribution is -0.140. The van der Waals surface area contributed by atoms with E-state index in [2.05, 4.69) is 5.32 Å². The molecule has 9 heteroatoms. The summed E-state index contributed by atoms with van der Waals surface area (Å²) in [5.41, 5.74) is 3.54. The number of carbonyl (C=O) groups excluding carboxylic acids is 2. The van der Waals surface area contributed by atoms with Crippen molar-refractivity contribution in [2.75, 3.05) is 10.8 Å². The van der Waals surface area contributed by atoms with Crippen LogP contribution in [-0.4, -0.2) is 43.8 Å². The number of amides is 2. The second-order valence-corrected chi connectivity index (χ2v) is 13.6. The van der Waals surface area contributed by atoms with Gasteiger partial charge in [-0.2, -0.15) is 0 Å². The van der Waals surface area contributed by atoms with Crippen LogP contribution in [0.25, 0.3) is 0 Å². The third-order valence-corrected chi connectivity index (χ3v) is 9.77. The summed E-state index contributed by atoms with van der Waals surface area (Å²) in [6.45, 7) is 7.12. The molecule has 0 saturated heterocycles. The highest BCUT2D eigenvalue weighted by Gasteiger charge is 2.35. The van der Waals surface area contributed by atoms with Crippen LogP contribution in [0.3, 0.4) is 0 Å². The summed E-state index contributed by atoms with van der Waals surface area (Å²) in [6.07, 6.45) is 0.950. The predicted molar refractivity (Wildman–Crippen MR) is 181 cm³/mol. The summed E-state index contributed by atoms with van der Waals surface area (Å²) in [5, 5.41) is 3.54. The van der Waals surface area contributed by atoms with Crippen LogP contribution in [0.5, 0.6) is 0 Å². The van der Waals surface area contributed by atoms with Crippen LogP contribution in [0.1, 0.15) is 42.5 Å². The molecule has 0 saturated carbocycles. The van der Waals surface area contributed by atoms with Crippen molar-refractivity contribution in [2.24, 2.45) is 0 Å². The van der Waals surface area contributed by atoms with Crippen molar-refractivity contribution in [2.45, 2.75) is 64.1 Å². The minimum atomic E-state index is -4.17. The van der Waals surface area contributed by atoms with E-state index in [0.29, 0.717) is 22.7 Å². The van der Waals surface area contributed by atoms with Gasteiger partial charge in [0.1, 0.15) is 12.6 Å². The van der Waals surface area contributed by atoms with Crippen LogP contribution in [0.2, 0.25) is 5.02 Å². The first-order valence-electron chi connectivity index (χ1n) is 15.0. The van der Waals surface area contributed by atoms with Crippen LogP contribution in [0.4, 0.5) is 5.69 Å². The fourth-order valence-electron chi connectivity index (χ4n) is 5.05. The Labute approximate surface area is 271 Å². The van der Waals surface area contributed by atoms with Crippen LogP contribution in [0.15, 0.2) is 108 Å². The Balaban J connectivity index is 1.83. The number of rotatable bonds is 13. The molecule has 4 aromatic rings. The smallest absolute Gasteiger partial charge is 0.264 e. The fraction of sp³-hybridized carbons (Fsp3) is 0.278. The van der Waals surface area contributed by atoms with Crippen molar-refractivity contribution in [1.29, 1.82) is 0 Å². The molecule has 2 amide bonds. The highest BCUT2D eigenvalue weighted by molar-refractivity contribution is 7.92. The molecule has 0 heterocycles. The van der Waals surface area contributed by atoms with E-state index in [0.717, 1.165) is 21.0 Å². The largest absolute Gasteiger partial charge is 0.352 e. The maximum Gasteiger partial charge on any atom is 0.264 e. The van der Waals surface area contributed by atoms with Gasteiger partial charge in [0.05, 0.1) is 10.6 Å². The van der Waals surface area contributed by atoms with Crippen molar-refractivity contribution < 1.29 is 18.0 Å². The van der Waals surface area contributed by atoms with Crippen LogP contribution >= 0.6 is 11.6 Å². The lowest BCUT2D eigenvalue weighted by Crippen LogP contribution is -2.54. The van der Waals surface area contributed by atoms with Gasteiger partial charge in [-0.3, -0.25) is 13.9 Å². The summed E-state index contributed by atoms with van der Waals surface area (Å²) >= 11 is 6.32. The number of aryl methyl sites for hydroxylation is 2. The number of halogens is 1. The quantitative estimate of drug-likeness (QED) is 0.175. The van der Waals surface area contributed by atoms with Gasteiger partial charge in [-0.15, -0.1) is 0 Å². The average Bonchev–Trinajstić information content (AvgIpc) is 3.03. The molecule has 0 radical (unpaired) electrons. The van der Waals surface area contributed by atoms with Crippen LogP contribution in [0, 0.1) is 13.8 Å². The second-order valence-electron chi connectivity index (χ2n) is 11.3. The molecule has 2 atom stereocenters. The molecule has 0 aromatic heterocycles. The molecule has 0 aliphatic heterocycles. The first kappa shape index (κ1) is 33.7. The Bertz CT molecular complexity index is 1720. The lowest BCUT2D eigenvalue weighted by Gasteiger charge is -2.34.